The van der Waals surface area contributed by atoms with Gasteiger partial charge in [-0.2, -0.15) is 0 Å². The highest BCUT2D eigenvalue weighted by Gasteiger charge is 2.20. The van der Waals surface area contributed by atoms with Crippen LogP contribution in [0.15, 0.2) is 30.3 Å². The fourth-order valence-electron chi connectivity index (χ4n) is 1.25. The lowest BCUT2D eigenvalue weighted by Gasteiger charge is -2.08. The Morgan fingerprint density at radius 3 is 2.29 bits per heavy atom. The SMILES string of the molecule is CC(=O)C(Cc1ccccc1)C(=O)S. The van der Waals surface area contributed by atoms with Gasteiger partial charge in [-0.15, -0.1) is 12.6 Å². The highest BCUT2D eigenvalue weighted by molar-refractivity contribution is 7.96. The second-order valence-electron chi connectivity index (χ2n) is 3.19. The molecule has 14 heavy (non-hydrogen) atoms. The first kappa shape index (κ1) is 11.0. The van der Waals surface area contributed by atoms with Crippen LogP contribution in [0.3, 0.4) is 0 Å². The van der Waals surface area contributed by atoms with Crippen LogP contribution in [0.5, 0.6) is 0 Å². The van der Waals surface area contributed by atoms with Gasteiger partial charge in [0.2, 0.25) is 0 Å². The Morgan fingerprint density at radius 1 is 1.29 bits per heavy atom. The zero-order valence-corrected chi connectivity index (χ0v) is 8.83. The van der Waals surface area contributed by atoms with Gasteiger partial charge in [0.1, 0.15) is 5.78 Å². The molecular formula is C11H12O2S. The molecule has 0 heterocycles. The Bertz CT molecular complexity index is 318. The van der Waals surface area contributed by atoms with Crippen LogP contribution < -0.4 is 0 Å². The summed E-state index contributed by atoms with van der Waals surface area (Å²) in [4.78, 5) is 22.2. The van der Waals surface area contributed by atoms with E-state index in [4.69, 9.17) is 0 Å². The summed E-state index contributed by atoms with van der Waals surface area (Å²) in [6.07, 6.45) is 0.443. The third-order valence-corrected chi connectivity index (χ3v) is 2.38. The molecule has 0 aromatic heterocycles. The van der Waals surface area contributed by atoms with E-state index in [1.54, 1.807) is 0 Å². The van der Waals surface area contributed by atoms with E-state index < -0.39 is 5.92 Å². The Kier molecular flexibility index (Phi) is 3.89. The summed E-state index contributed by atoms with van der Waals surface area (Å²) in [6, 6.07) is 9.46. The van der Waals surface area contributed by atoms with Gasteiger partial charge in [0.15, 0.2) is 5.12 Å². The fourth-order valence-corrected chi connectivity index (χ4v) is 1.53. The molecular weight excluding hydrogens is 196 g/mol. The van der Waals surface area contributed by atoms with E-state index in [1.165, 1.54) is 6.92 Å². The van der Waals surface area contributed by atoms with Crippen molar-refractivity contribution in [3.63, 3.8) is 0 Å². The molecule has 0 spiro atoms. The molecule has 0 aliphatic rings. The van der Waals surface area contributed by atoms with Crippen molar-refractivity contribution in [1.82, 2.24) is 0 Å². The molecule has 0 aliphatic carbocycles. The lowest BCUT2D eigenvalue weighted by molar-refractivity contribution is -0.126. The molecule has 1 unspecified atom stereocenters. The Balaban J connectivity index is 2.75. The largest absolute Gasteiger partial charge is 0.299 e. The fraction of sp³-hybridized carbons (Fsp3) is 0.273. The molecule has 1 aromatic rings. The molecule has 0 N–H and O–H groups in total. The Labute approximate surface area is 88.7 Å². The number of hydrogen-bond acceptors (Lipinski definition) is 2. The summed E-state index contributed by atoms with van der Waals surface area (Å²) >= 11 is 3.70. The summed E-state index contributed by atoms with van der Waals surface area (Å²) in [5, 5.41) is -0.360. The van der Waals surface area contributed by atoms with Crippen molar-refractivity contribution in [2.45, 2.75) is 13.3 Å². The van der Waals surface area contributed by atoms with Gasteiger partial charge in [0.05, 0.1) is 5.92 Å². The van der Waals surface area contributed by atoms with E-state index >= 15 is 0 Å². The maximum atomic E-state index is 11.1. The summed E-state index contributed by atoms with van der Waals surface area (Å²) in [7, 11) is 0. The molecule has 1 atom stereocenters. The Hall–Kier alpha value is -1.09. The van der Waals surface area contributed by atoms with Gasteiger partial charge < -0.3 is 0 Å². The van der Waals surface area contributed by atoms with Crippen LogP contribution >= 0.6 is 12.6 Å². The molecule has 0 fully saturated rings. The number of thiol groups is 1. The van der Waals surface area contributed by atoms with Gasteiger partial charge in [-0.1, -0.05) is 30.3 Å². The van der Waals surface area contributed by atoms with Crippen LogP contribution in [-0.2, 0) is 16.0 Å². The maximum absolute atomic E-state index is 11.1. The number of benzene rings is 1. The quantitative estimate of drug-likeness (QED) is 0.605. The van der Waals surface area contributed by atoms with Crippen molar-refractivity contribution in [2.75, 3.05) is 0 Å². The molecule has 2 nitrogen and oxygen atoms in total. The van der Waals surface area contributed by atoms with E-state index in [0.29, 0.717) is 6.42 Å². The van der Waals surface area contributed by atoms with Gasteiger partial charge in [-0.05, 0) is 18.9 Å². The third-order valence-electron chi connectivity index (χ3n) is 2.07. The van der Waals surface area contributed by atoms with Crippen LogP contribution in [0.4, 0.5) is 0 Å². The highest BCUT2D eigenvalue weighted by atomic mass is 32.1. The molecule has 1 rings (SSSR count). The standard InChI is InChI=1S/C11H12O2S/c1-8(12)10(11(13)14)7-9-5-3-2-4-6-9/h2-6,10H,7H2,1H3,(H,13,14). The number of carbonyl (C=O) groups is 2. The second-order valence-corrected chi connectivity index (χ2v) is 3.63. The summed E-state index contributed by atoms with van der Waals surface area (Å²) < 4.78 is 0. The first-order valence-corrected chi connectivity index (χ1v) is 4.83. The summed E-state index contributed by atoms with van der Waals surface area (Å²) in [6.45, 7) is 1.42. The van der Waals surface area contributed by atoms with Crippen molar-refractivity contribution >= 4 is 23.5 Å². The van der Waals surface area contributed by atoms with Gasteiger partial charge in [-0.25, -0.2) is 0 Å². The molecule has 0 saturated heterocycles. The smallest absolute Gasteiger partial charge is 0.196 e. The van der Waals surface area contributed by atoms with E-state index in [2.05, 4.69) is 12.6 Å². The first-order chi connectivity index (χ1) is 6.61. The van der Waals surface area contributed by atoms with Crippen molar-refractivity contribution in [3.05, 3.63) is 35.9 Å². The molecule has 74 valence electrons. The topological polar surface area (TPSA) is 34.1 Å². The van der Waals surface area contributed by atoms with Crippen molar-refractivity contribution in [1.29, 1.82) is 0 Å². The van der Waals surface area contributed by atoms with Gasteiger partial charge in [0.25, 0.3) is 0 Å². The average Bonchev–Trinajstić information content (AvgIpc) is 2.15. The summed E-state index contributed by atoms with van der Waals surface area (Å²) in [5.74, 6) is -0.741. The molecule has 0 radical (unpaired) electrons. The maximum Gasteiger partial charge on any atom is 0.196 e. The summed E-state index contributed by atoms with van der Waals surface area (Å²) in [5.41, 5.74) is 0.982. The Morgan fingerprint density at radius 2 is 1.86 bits per heavy atom. The number of Topliss-reactive ketones (excluding diaryl/α,β-unsaturated/α-hetero) is 1. The van der Waals surface area contributed by atoms with Crippen LogP contribution in [-0.4, -0.2) is 10.9 Å². The normalized spacial score (nSPS) is 12.1. The number of rotatable bonds is 4. The highest BCUT2D eigenvalue weighted by Crippen LogP contribution is 2.12. The lowest BCUT2D eigenvalue weighted by Crippen LogP contribution is -2.20. The van der Waals surface area contributed by atoms with E-state index in [9.17, 15) is 9.59 Å². The first-order valence-electron chi connectivity index (χ1n) is 4.38. The van der Waals surface area contributed by atoms with Gasteiger partial charge in [-0.3, -0.25) is 9.59 Å². The molecule has 0 aliphatic heterocycles. The van der Waals surface area contributed by atoms with E-state index in [0.717, 1.165) is 5.56 Å². The third kappa shape index (κ3) is 3.00. The molecule has 0 bridgehead atoms. The zero-order valence-electron chi connectivity index (χ0n) is 7.93. The predicted octanol–water partition coefficient (Wildman–Crippen LogP) is 1.89. The monoisotopic (exact) mass is 208 g/mol. The number of hydrogen-bond donors (Lipinski definition) is 1. The second kappa shape index (κ2) is 4.96. The minimum atomic E-state index is -0.610. The van der Waals surface area contributed by atoms with Crippen LogP contribution in [0.1, 0.15) is 12.5 Å². The lowest BCUT2D eigenvalue weighted by atomic mass is 9.97. The predicted molar refractivity (Wildman–Crippen MR) is 58.3 cm³/mol. The van der Waals surface area contributed by atoms with E-state index in [-0.39, 0.29) is 10.9 Å². The molecule has 0 saturated carbocycles. The van der Waals surface area contributed by atoms with Crippen LogP contribution in [0.25, 0.3) is 0 Å². The van der Waals surface area contributed by atoms with Crippen LogP contribution in [0.2, 0.25) is 0 Å². The molecule has 0 amide bonds. The average molecular weight is 208 g/mol. The minimum Gasteiger partial charge on any atom is -0.299 e. The molecule has 1 aromatic carbocycles. The van der Waals surface area contributed by atoms with Gasteiger partial charge >= 0.3 is 0 Å². The minimum absolute atomic E-state index is 0.131. The zero-order chi connectivity index (χ0) is 10.6. The van der Waals surface area contributed by atoms with Gasteiger partial charge in [0, 0.05) is 0 Å². The number of carbonyl (C=O) groups excluding carboxylic acids is 2. The molecule has 3 heteroatoms. The van der Waals surface area contributed by atoms with E-state index in [1.807, 2.05) is 30.3 Å². The van der Waals surface area contributed by atoms with Crippen molar-refractivity contribution in [3.8, 4) is 0 Å². The number of ketones is 1. The van der Waals surface area contributed by atoms with Crippen molar-refractivity contribution in [2.24, 2.45) is 5.92 Å². The van der Waals surface area contributed by atoms with Crippen LogP contribution in [0, 0.1) is 5.92 Å². The van der Waals surface area contributed by atoms with Crippen molar-refractivity contribution < 1.29 is 9.59 Å².